The lowest BCUT2D eigenvalue weighted by Gasteiger charge is -1.88. The van der Waals surface area contributed by atoms with Crippen LogP contribution < -0.4 is 5.48 Å². The smallest absolute Gasteiger partial charge is 0.251 e. The number of carbonyl (C=O) groups excluding carboxylic acids is 2. The number of amides is 1. The van der Waals surface area contributed by atoms with Gasteiger partial charge in [-0.25, -0.2) is 5.48 Å². The fourth-order valence-corrected chi connectivity index (χ4v) is 0.512. The van der Waals surface area contributed by atoms with Gasteiger partial charge in [-0.3, -0.25) is 14.8 Å². The van der Waals surface area contributed by atoms with E-state index in [-0.39, 0.29) is 10.2 Å². The molecule has 1 amide bonds. The van der Waals surface area contributed by atoms with Crippen molar-refractivity contribution in [3.05, 3.63) is 0 Å². The van der Waals surface area contributed by atoms with Gasteiger partial charge in [0.1, 0.15) is 0 Å². The first-order valence-electron chi connectivity index (χ1n) is 1.78. The zero-order valence-electron chi connectivity index (χ0n) is 3.85. The molecule has 0 aliphatic carbocycles. The normalized spacial score (nSPS) is 8.25. The molecule has 0 aromatic rings. The van der Waals surface area contributed by atoms with Gasteiger partial charge >= 0.3 is 0 Å². The van der Waals surface area contributed by atoms with Crippen molar-refractivity contribution in [1.29, 1.82) is 0 Å². The second kappa shape index (κ2) is 3.79. The summed E-state index contributed by atoms with van der Waals surface area (Å²) in [6, 6.07) is 0. The van der Waals surface area contributed by atoms with Gasteiger partial charge < -0.3 is 0 Å². The van der Waals surface area contributed by atoms with E-state index < -0.39 is 5.91 Å². The number of carbonyl (C=O) groups is 2. The Labute approximate surface area is 59.4 Å². The highest BCUT2D eigenvalue weighted by molar-refractivity contribution is 14.1. The van der Waals surface area contributed by atoms with Crippen molar-refractivity contribution in [3.8, 4) is 0 Å². The Kier molecular flexibility index (Phi) is 3.71. The lowest BCUT2D eigenvalue weighted by molar-refractivity contribution is -0.131. The molecule has 2 N–H and O–H groups in total. The van der Waals surface area contributed by atoms with Crippen molar-refractivity contribution in [2.45, 2.75) is 6.42 Å². The number of hydroxylamine groups is 1. The van der Waals surface area contributed by atoms with Crippen molar-refractivity contribution in [2.24, 2.45) is 0 Å². The van der Waals surface area contributed by atoms with Gasteiger partial charge in [-0.05, 0) is 0 Å². The SMILES string of the molecule is O=C(I)CC(=O)NO. The summed E-state index contributed by atoms with van der Waals surface area (Å²) < 4.78 is -0.297. The van der Waals surface area contributed by atoms with Crippen molar-refractivity contribution in [3.63, 3.8) is 0 Å². The number of halogens is 1. The molecular weight excluding hydrogens is 225 g/mol. The fraction of sp³-hybridized carbons (Fsp3) is 0.333. The molecule has 8 heavy (non-hydrogen) atoms. The Bertz CT molecular complexity index is 113. The van der Waals surface area contributed by atoms with Crippen LogP contribution in [0.15, 0.2) is 0 Å². The lowest BCUT2D eigenvalue weighted by Crippen LogP contribution is -2.19. The molecule has 0 aliphatic heterocycles. The van der Waals surface area contributed by atoms with Crippen LogP contribution in [0.2, 0.25) is 0 Å². The largest absolute Gasteiger partial charge is 0.289 e. The molecule has 0 aromatic carbocycles. The molecule has 0 spiro atoms. The molecule has 5 heteroatoms. The lowest BCUT2D eigenvalue weighted by atomic mass is 10.5. The quantitative estimate of drug-likeness (QED) is 0.227. The van der Waals surface area contributed by atoms with E-state index in [4.69, 9.17) is 5.21 Å². The summed E-state index contributed by atoms with van der Waals surface area (Å²) in [6.07, 6.45) is -0.267. The highest BCUT2D eigenvalue weighted by Crippen LogP contribution is 1.90. The van der Waals surface area contributed by atoms with Gasteiger partial charge in [-0.2, -0.15) is 0 Å². The van der Waals surface area contributed by atoms with Gasteiger partial charge in [0.25, 0.3) is 5.91 Å². The highest BCUT2D eigenvalue weighted by atomic mass is 127. The summed E-state index contributed by atoms with van der Waals surface area (Å²) in [5, 5.41) is 7.83. The molecule has 0 unspecified atom stereocenters. The number of nitrogens with one attached hydrogen (secondary N) is 1. The molecular formula is C3H4INO3. The van der Waals surface area contributed by atoms with E-state index >= 15 is 0 Å². The second-order valence-corrected chi connectivity index (χ2v) is 2.27. The summed E-state index contributed by atoms with van der Waals surface area (Å²) >= 11 is 1.47. The molecule has 46 valence electrons. The maximum atomic E-state index is 10.0. The summed E-state index contributed by atoms with van der Waals surface area (Å²) in [5.74, 6) is -0.676. The average Bonchev–Trinajstić information content (AvgIpc) is 1.65. The third-order valence-corrected chi connectivity index (χ3v) is 0.806. The van der Waals surface area contributed by atoms with E-state index in [1.54, 1.807) is 0 Å². The second-order valence-electron chi connectivity index (χ2n) is 1.07. The first-order chi connectivity index (χ1) is 3.66. The van der Waals surface area contributed by atoms with Gasteiger partial charge in [0.2, 0.25) is 3.79 Å². The van der Waals surface area contributed by atoms with Gasteiger partial charge in [-0.15, -0.1) is 0 Å². The number of rotatable bonds is 2. The van der Waals surface area contributed by atoms with E-state index in [1.165, 1.54) is 28.1 Å². The van der Waals surface area contributed by atoms with E-state index in [2.05, 4.69) is 0 Å². The Morgan fingerprint density at radius 1 is 1.62 bits per heavy atom. The molecule has 0 aliphatic rings. The van der Waals surface area contributed by atoms with Crippen LogP contribution in [0.25, 0.3) is 0 Å². The Hall–Kier alpha value is -0.170. The van der Waals surface area contributed by atoms with Gasteiger partial charge in [0, 0.05) is 22.6 Å². The van der Waals surface area contributed by atoms with Crippen LogP contribution in [0.1, 0.15) is 6.42 Å². The Balaban J connectivity index is 3.40. The highest BCUT2D eigenvalue weighted by Gasteiger charge is 2.02. The standard InChI is InChI=1S/C3H4INO3/c4-2(6)1-3(7)5-8/h8H,1H2,(H,5,7). The van der Waals surface area contributed by atoms with Crippen LogP contribution in [0.5, 0.6) is 0 Å². The van der Waals surface area contributed by atoms with Crippen molar-refractivity contribution < 1.29 is 14.8 Å². The van der Waals surface area contributed by atoms with Crippen LogP contribution >= 0.6 is 22.6 Å². The predicted octanol–water partition coefficient (Wildman–Crippen LogP) is -0.157. The van der Waals surface area contributed by atoms with E-state index in [0.29, 0.717) is 0 Å². The van der Waals surface area contributed by atoms with Crippen LogP contribution in [0.4, 0.5) is 0 Å². The maximum Gasteiger partial charge on any atom is 0.251 e. The van der Waals surface area contributed by atoms with Gasteiger partial charge in [0.05, 0.1) is 6.42 Å². The van der Waals surface area contributed by atoms with Gasteiger partial charge in [0.15, 0.2) is 0 Å². The number of hydrogen-bond acceptors (Lipinski definition) is 3. The third-order valence-electron chi connectivity index (χ3n) is 0.424. The van der Waals surface area contributed by atoms with E-state index in [0.717, 1.165) is 0 Å². The predicted molar refractivity (Wildman–Crippen MR) is 33.6 cm³/mol. The zero-order chi connectivity index (χ0) is 6.57. The van der Waals surface area contributed by atoms with E-state index in [1.807, 2.05) is 0 Å². The molecule has 0 saturated heterocycles. The van der Waals surface area contributed by atoms with Gasteiger partial charge in [-0.1, -0.05) is 0 Å². The van der Waals surface area contributed by atoms with Crippen molar-refractivity contribution in [1.82, 2.24) is 5.48 Å². The van der Waals surface area contributed by atoms with E-state index in [9.17, 15) is 9.59 Å². The molecule has 0 bridgehead atoms. The summed E-state index contributed by atoms with van der Waals surface area (Å²) in [6.45, 7) is 0. The molecule has 0 atom stereocenters. The zero-order valence-corrected chi connectivity index (χ0v) is 6.01. The first-order valence-corrected chi connectivity index (χ1v) is 2.86. The topological polar surface area (TPSA) is 66.4 Å². The number of hydrogen-bond donors (Lipinski definition) is 2. The minimum absolute atomic E-state index is 0.267. The monoisotopic (exact) mass is 229 g/mol. The van der Waals surface area contributed by atoms with Crippen LogP contribution in [0, 0.1) is 0 Å². The minimum Gasteiger partial charge on any atom is -0.289 e. The van der Waals surface area contributed by atoms with Crippen molar-refractivity contribution >= 4 is 32.3 Å². The molecule has 4 nitrogen and oxygen atoms in total. The summed E-state index contributed by atoms with van der Waals surface area (Å²) in [4.78, 5) is 20.1. The molecule has 0 fully saturated rings. The summed E-state index contributed by atoms with van der Waals surface area (Å²) in [7, 11) is 0. The molecule has 0 rings (SSSR count). The first kappa shape index (κ1) is 7.83. The average molecular weight is 229 g/mol. The summed E-state index contributed by atoms with van der Waals surface area (Å²) in [5.41, 5.74) is 1.33. The Morgan fingerprint density at radius 3 is 2.25 bits per heavy atom. The Morgan fingerprint density at radius 2 is 2.12 bits per heavy atom. The molecule has 0 aromatic heterocycles. The molecule has 0 heterocycles. The van der Waals surface area contributed by atoms with Crippen LogP contribution in [-0.2, 0) is 9.59 Å². The third kappa shape index (κ3) is 4.00. The molecule has 0 radical (unpaired) electrons. The van der Waals surface area contributed by atoms with Crippen LogP contribution in [-0.4, -0.2) is 14.9 Å². The fourth-order valence-electron chi connectivity index (χ4n) is 0.166. The van der Waals surface area contributed by atoms with Crippen LogP contribution in [0.3, 0.4) is 0 Å². The molecule has 0 saturated carbocycles. The minimum atomic E-state index is -0.676. The maximum absolute atomic E-state index is 10.0. The van der Waals surface area contributed by atoms with Crippen molar-refractivity contribution in [2.75, 3.05) is 0 Å².